The van der Waals surface area contributed by atoms with Crippen LogP contribution in [-0.2, 0) is 14.3 Å². The zero-order chi connectivity index (χ0) is 26.5. The van der Waals surface area contributed by atoms with Crippen molar-refractivity contribution in [1.29, 1.82) is 5.41 Å². The molecule has 3 fully saturated rings. The van der Waals surface area contributed by atoms with E-state index >= 15 is 0 Å². The van der Waals surface area contributed by atoms with Gasteiger partial charge in [-0.3, -0.25) is 20.4 Å². The number of nitrogens with one attached hydrogen (secondary N) is 2. The molecule has 0 aliphatic carbocycles. The molecule has 36 heavy (non-hydrogen) atoms. The molecule has 204 valence electrons. The molecule has 2 unspecified atom stereocenters. The molecule has 3 N–H and O–H groups in total. The number of hydrogen-bond acceptors (Lipinski definition) is 8. The number of carboxylic acid groups (broad SMARTS) is 1. The van der Waals surface area contributed by atoms with Crippen LogP contribution >= 0.6 is 0 Å². The fourth-order valence-corrected chi connectivity index (χ4v) is 5.07. The minimum Gasteiger partial charge on any atom is -0.481 e. The standard InChI is InChI=1S/C24H42N6O6/c1-24(2,3)36-22(33)26-21(25)30-11-7-17(8-12-30)5-6-18-20(35-23(34)27(18)4)29-15-13-28(14-16-29)10-9-19(31)32/h17-18,20H,5-16H2,1-4H3,(H,31,32)(H2,25,26,33). The second-order valence-electron chi connectivity index (χ2n) is 11.0. The van der Waals surface area contributed by atoms with Crippen molar-refractivity contribution < 1.29 is 29.0 Å². The van der Waals surface area contributed by atoms with Crippen molar-refractivity contribution in [3.8, 4) is 0 Å². The number of piperidine rings is 1. The first kappa shape index (κ1) is 28.0. The van der Waals surface area contributed by atoms with Crippen molar-refractivity contribution in [3.05, 3.63) is 0 Å². The minimum atomic E-state index is -0.786. The number of carbonyl (C=O) groups is 3. The molecule has 3 saturated heterocycles. The molecule has 0 spiro atoms. The summed E-state index contributed by atoms with van der Waals surface area (Å²) in [5, 5.41) is 19.6. The van der Waals surface area contributed by atoms with Crippen molar-refractivity contribution in [3.63, 3.8) is 0 Å². The molecule has 0 bridgehead atoms. The van der Waals surface area contributed by atoms with Gasteiger partial charge in [0, 0.05) is 52.9 Å². The SMILES string of the molecule is CN1C(=O)OC(N2CCN(CCC(=O)O)CC2)C1CCC1CCN(C(=N)NC(=O)OC(C)(C)C)CC1. The van der Waals surface area contributed by atoms with Crippen LogP contribution in [0.2, 0.25) is 0 Å². The van der Waals surface area contributed by atoms with E-state index in [1.807, 2.05) is 4.90 Å². The Bertz CT molecular complexity index is 801. The van der Waals surface area contributed by atoms with Crippen LogP contribution in [0.1, 0.15) is 52.9 Å². The summed E-state index contributed by atoms with van der Waals surface area (Å²) in [7, 11) is 1.79. The Morgan fingerprint density at radius 2 is 1.75 bits per heavy atom. The molecular weight excluding hydrogens is 468 g/mol. The number of aliphatic carboxylic acids is 1. The molecule has 12 nitrogen and oxygen atoms in total. The van der Waals surface area contributed by atoms with E-state index in [0.29, 0.717) is 25.6 Å². The fraction of sp³-hybridized carbons (Fsp3) is 0.833. The first-order valence-electron chi connectivity index (χ1n) is 12.9. The van der Waals surface area contributed by atoms with E-state index in [1.54, 1.807) is 32.7 Å². The number of rotatable bonds is 7. The largest absolute Gasteiger partial charge is 0.481 e. The van der Waals surface area contributed by atoms with Crippen LogP contribution in [0.3, 0.4) is 0 Å². The number of nitrogens with zero attached hydrogens (tertiary/aromatic N) is 4. The summed E-state index contributed by atoms with van der Waals surface area (Å²) in [6, 6.07) is -0.0202. The molecule has 3 aliphatic heterocycles. The Kier molecular flexibility index (Phi) is 9.40. The van der Waals surface area contributed by atoms with Gasteiger partial charge >= 0.3 is 18.2 Å². The van der Waals surface area contributed by atoms with E-state index in [1.165, 1.54) is 0 Å². The topological polar surface area (TPSA) is 139 Å². The van der Waals surface area contributed by atoms with Crippen molar-refractivity contribution in [1.82, 2.24) is 24.9 Å². The number of piperazine rings is 1. The summed E-state index contributed by atoms with van der Waals surface area (Å²) < 4.78 is 11.0. The Morgan fingerprint density at radius 1 is 1.11 bits per heavy atom. The molecule has 2 atom stereocenters. The van der Waals surface area contributed by atoms with Gasteiger partial charge in [0.15, 0.2) is 6.23 Å². The first-order valence-corrected chi connectivity index (χ1v) is 12.9. The van der Waals surface area contributed by atoms with Gasteiger partial charge in [0.25, 0.3) is 0 Å². The lowest BCUT2D eigenvalue weighted by Gasteiger charge is -2.39. The molecule has 3 aliphatic rings. The average molecular weight is 511 g/mol. The molecule has 3 heterocycles. The van der Waals surface area contributed by atoms with Gasteiger partial charge in [0.05, 0.1) is 12.5 Å². The molecule has 0 aromatic heterocycles. The van der Waals surface area contributed by atoms with Gasteiger partial charge < -0.3 is 29.3 Å². The number of likely N-dealkylation sites (N-methyl/N-ethyl adjacent to an activating group) is 1. The number of alkyl carbamates (subject to hydrolysis) is 1. The van der Waals surface area contributed by atoms with Crippen LogP contribution < -0.4 is 5.32 Å². The van der Waals surface area contributed by atoms with Gasteiger partial charge in [-0.05, 0) is 52.4 Å². The Hall–Kier alpha value is -2.60. The second-order valence-corrected chi connectivity index (χ2v) is 11.0. The predicted molar refractivity (Wildman–Crippen MR) is 133 cm³/mol. The average Bonchev–Trinajstić information content (AvgIpc) is 3.09. The van der Waals surface area contributed by atoms with Crippen molar-refractivity contribution in [2.24, 2.45) is 5.92 Å². The zero-order valence-corrected chi connectivity index (χ0v) is 22.0. The second kappa shape index (κ2) is 12.1. The molecule has 0 radical (unpaired) electrons. The summed E-state index contributed by atoms with van der Waals surface area (Å²) in [6.07, 6.45) is 2.57. The maximum absolute atomic E-state index is 12.3. The van der Waals surface area contributed by atoms with E-state index in [0.717, 1.165) is 51.9 Å². The number of hydrogen-bond donors (Lipinski definition) is 3. The first-order chi connectivity index (χ1) is 16.9. The summed E-state index contributed by atoms with van der Waals surface area (Å²) in [4.78, 5) is 43.0. The van der Waals surface area contributed by atoms with E-state index in [4.69, 9.17) is 20.0 Å². The van der Waals surface area contributed by atoms with Gasteiger partial charge in [0.1, 0.15) is 5.60 Å². The Labute approximate surface area is 213 Å². The number of carboxylic acids is 1. The normalized spacial score (nSPS) is 24.5. The monoisotopic (exact) mass is 510 g/mol. The van der Waals surface area contributed by atoms with Crippen molar-refractivity contribution >= 4 is 24.1 Å². The summed E-state index contributed by atoms with van der Waals surface area (Å²) in [5.41, 5.74) is -0.609. The van der Waals surface area contributed by atoms with Crippen LogP contribution in [0.5, 0.6) is 0 Å². The summed E-state index contributed by atoms with van der Waals surface area (Å²) in [6.45, 7) is 10.3. The van der Waals surface area contributed by atoms with Gasteiger partial charge in [-0.15, -0.1) is 0 Å². The van der Waals surface area contributed by atoms with Crippen LogP contribution in [0.25, 0.3) is 0 Å². The summed E-state index contributed by atoms with van der Waals surface area (Å²) >= 11 is 0. The number of cyclic esters (lactones) is 1. The highest BCUT2D eigenvalue weighted by molar-refractivity contribution is 5.92. The highest BCUT2D eigenvalue weighted by Gasteiger charge is 2.43. The van der Waals surface area contributed by atoms with Crippen LogP contribution in [0.4, 0.5) is 9.59 Å². The van der Waals surface area contributed by atoms with Crippen LogP contribution in [0.15, 0.2) is 0 Å². The lowest BCUT2D eigenvalue weighted by molar-refractivity contribution is -0.137. The third-order valence-electron chi connectivity index (χ3n) is 7.17. The van der Waals surface area contributed by atoms with Gasteiger partial charge in [-0.1, -0.05) is 0 Å². The molecule has 0 aromatic rings. The number of likely N-dealkylation sites (tertiary alicyclic amines) is 1. The third-order valence-corrected chi connectivity index (χ3v) is 7.17. The molecule has 0 aromatic carbocycles. The molecule has 3 rings (SSSR count). The van der Waals surface area contributed by atoms with Crippen molar-refractivity contribution in [2.45, 2.75) is 70.7 Å². The lowest BCUT2D eigenvalue weighted by Crippen LogP contribution is -2.54. The lowest BCUT2D eigenvalue weighted by atomic mass is 9.90. The highest BCUT2D eigenvalue weighted by Crippen LogP contribution is 2.30. The van der Waals surface area contributed by atoms with E-state index in [9.17, 15) is 14.4 Å². The highest BCUT2D eigenvalue weighted by atomic mass is 16.6. The van der Waals surface area contributed by atoms with E-state index in [-0.39, 0.29) is 30.7 Å². The molecule has 0 saturated carbocycles. The number of guanidine groups is 1. The zero-order valence-electron chi connectivity index (χ0n) is 22.0. The number of amides is 2. The molecule has 2 amide bonds. The quantitative estimate of drug-likeness (QED) is 0.346. The Balaban J connectivity index is 1.43. The van der Waals surface area contributed by atoms with Gasteiger partial charge in [-0.2, -0.15) is 0 Å². The van der Waals surface area contributed by atoms with Crippen LogP contribution in [0, 0.1) is 11.3 Å². The smallest absolute Gasteiger partial charge is 0.414 e. The number of ether oxygens (including phenoxy) is 2. The van der Waals surface area contributed by atoms with E-state index in [2.05, 4.69) is 15.1 Å². The fourth-order valence-electron chi connectivity index (χ4n) is 5.07. The van der Waals surface area contributed by atoms with Gasteiger partial charge in [-0.25, -0.2) is 9.59 Å². The minimum absolute atomic E-state index is 0.0202. The van der Waals surface area contributed by atoms with Gasteiger partial charge in [0.2, 0.25) is 5.96 Å². The molecular formula is C24H42N6O6. The molecule has 12 heteroatoms. The maximum atomic E-state index is 12.3. The maximum Gasteiger partial charge on any atom is 0.414 e. The summed E-state index contributed by atoms with van der Waals surface area (Å²) in [5.74, 6) is -0.237. The Morgan fingerprint density at radius 3 is 2.33 bits per heavy atom. The third kappa shape index (κ3) is 7.95. The van der Waals surface area contributed by atoms with Crippen molar-refractivity contribution in [2.75, 3.05) is 52.9 Å². The number of carbonyl (C=O) groups excluding carboxylic acids is 2. The van der Waals surface area contributed by atoms with Crippen LogP contribution in [-0.4, -0.2) is 120 Å². The predicted octanol–water partition coefficient (Wildman–Crippen LogP) is 1.81. The van der Waals surface area contributed by atoms with E-state index < -0.39 is 17.7 Å².